The number of carbonyl (C=O) groups is 2. The lowest BCUT2D eigenvalue weighted by molar-refractivity contribution is -0.130. The largest absolute Gasteiger partial charge is 0.469 e. The lowest BCUT2D eigenvalue weighted by atomic mass is 10.2. The van der Waals surface area contributed by atoms with Crippen LogP contribution in [0.15, 0.2) is 53.7 Å². The summed E-state index contributed by atoms with van der Waals surface area (Å²) in [6, 6.07) is 7.79. The molecule has 0 spiro atoms. The van der Waals surface area contributed by atoms with Gasteiger partial charge in [0.25, 0.3) is 5.91 Å². The zero-order chi connectivity index (χ0) is 17.5. The van der Waals surface area contributed by atoms with E-state index in [0.29, 0.717) is 16.9 Å². The summed E-state index contributed by atoms with van der Waals surface area (Å²) < 4.78 is 18.8. The van der Waals surface area contributed by atoms with Crippen molar-refractivity contribution in [3.63, 3.8) is 0 Å². The summed E-state index contributed by atoms with van der Waals surface area (Å²) >= 11 is 0. The maximum absolute atomic E-state index is 13.8. The predicted molar refractivity (Wildman–Crippen MR) is 87.8 cm³/mol. The van der Waals surface area contributed by atoms with Crippen molar-refractivity contribution >= 4 is 11.8 Å². The molecule has 0 saturated carbocycles. The smallest absolute Gasteiger partial charge is 0.255 e. The van der Waals surface area contributed by atoms with Gasteiger partial charge in [-0.2, -0.15) is 0 Å². The maximum atomic E-state index is 13.8. The number of nitrogens with zero attached hydrogens (tertiary/aromatic N) is 1. The van der Waals surface area contributed by atoms with Crippen molar-refractivity contribution in [1.29, 1.82) is 0 Å². The van der Waals surface area contributed by atoms with Gasteiger partial charge < -0.3 is 14.6 Å². The van der Waals surface area contributed by atoms with Crippen LogP contribution >= 0.6 is 0 Å². The molecule has 2 amide bonds. The van der Waals surface area contributed by atoms with Crippen LogP contribution in [0.2, 0.25) is 0 Å². The SMILES string of the molecule is C=CCN(Cc1ccccc1F)C(=O)CNC(=O)c1ccoc1C. The molecule has 24 heavy (non-hydrogen) atoms. The minimum atomic E-state index is -0.390. The lowest BCUT2D eigenvalue weighted by Gasteiger charge is -2.21. The number of amides is 2. The zero-order valence-corrected chi connectivity index (χ0v) is 13.4. The van der Waals surface area contributed by atoms with E-state index < -0.39 is 0 Å². The van der Waals surface area contributed by atoms with Gasteiger partial charge in [0, 0.05) is 18.7 Å². The summed E-state index contributed by atoms with van der Waals surface area (Å²) in [4.78, 5) is 25.8. The summed E-state index contributed by atoms with van der Waals surface area (Å²) in [6.07, 6.45) is 2.97. The first-order chi connectivity index (χ1) is 11.5. The monoisotopic (exact) mass is 330 g/mol. The Morgan fingerprint density at radius 2 is 2.08 bits per heavy atom. The van der Waals surface area contributed by atoms with Gasteiger partial charge in [-0.3, -0.25) is 9.59 Å². The zero-order valence-electron chi connectivity index (χ0n) is 13.4. The van der Waals surface area contributed by atoms with Crippen molar-refractivity contribution in [2.75, 3.05) is 13.1 Å². The number of benzene rings is 1. The predicted octanol–water partition coefficient (Wildman–Crippen LogP) is 2.67. The van der Waals surface area contributed by atoms with Crippen LogP contribution in [0, 0.1) is 12.7 Å². The molecular formula is C18H19FN2O3. The molecule has 0 aliphatic rings. The second-order valence-electron chi connectivity index (χ2n) is 5.23. The number of aryl methyl sites for hydroxylation is 1. The van der Waals surface area contributed by atoms with E-state index in [2.05, 4.69) is 11.9 Å². The molecular weight excluding hydrogens is 311 g/mol. The van der Waals surface area contributed by atoms with Crippen LogP contribution in [0.25, 0.3) is 0 Å². The van der Waals surface area contributed by atoms with Crippen LogP contribution in [-0.2, 0) is 11.3 Å². The quantitative estimate of drug-likeness (QED) is 0.794. The van der Waals surface area contributed by atoms with Crippen LogP contribution in [-0.4, -0.2) is 29.8 Å². The molecule has 0 radical (unpaired) electrons. The van der Waals surface area contributed by atoms with Crippen LogP contribution in [0.5, 0.6) is 0 Å². The van der Waals surface area contributed by atoms with E-state index in [1.165, 1.54) is 23.3 Å². The van der Waals surface area contributed by atoms with Crippen molar-refractivity contribution in [2.45, 2.75) is 13.5 Å². The Morgan fingerprint density at radius 3 is 2.71 bits per heavy atom. The molecule has 126 valence electrons. The molecule has 1 aromatic carbocycles. The second-order valence-corrected chi connectivity index (χ2v) is 5.23. The van der Waals surface area contributed by atoms with Gasteiger partial charge in [0.2, 0.25) is 5.91 Å². The van der Waals surface area contributed by atoms with Gasteiger partial charge in [0.1, 0.15) is 11.6 Å². The molecule has 0 bridgehead atoms. The number of hydrogen-bond donors (Lipinski definition) is 1. The molecule has 0 aliphatic carbocycles. The van der Waals surface area contributed by atoms with Crippen molar-refractivity contribution < 1.29 is 18.4 Å². The van der Waals surface area contributed by atoms with E-state index in [9.17, 15) is 14.0 Å². The Bertz CT molecular complexity index is 739. The Hall–Kier alpha value is -2.89. The van der Waals surface area contributed by atoms with Gasteiger partial charge in [-0.15, -0.1) is 6.58 Å². The highest BCUT2D eigenvalue weighted by Crippen LogP contribution is 2.11. The van der Waals surface area contributed by atoms with Crippen LogP contribution in [0.3, 0.4) is 0 Å². The fourth-order valence-electron chi connectivity index (χ4n) is 2.23. The number of hydrogen-bond acceptors (Lipinski definition) is 3. The third-order valence-corrected chi connectivity index (χ3v) is 3.52. The molecule has 5 nitrogen and oxygen atoms in total. The van der Waals surface area contributed by atoms with Gasteiger partial charge >= 0.3 is 0 Å². The van der Waals surface area contributed by atoms with E-state index in [-0.39, 0.29) is 37.3 Å². The van der Waals surface area contributed by atoms with Gasteiger partial charge in [0.15, 0.2) is 0 Å². The molecule has 2 aromatic rings. The van der Waals surface area contributed by atoms with Crippen LogP contribution in [0.4, 0.5) is 4.39 Å². The van der Waals surface area contributed by atoms with Gasteiger partial charge in [-0.05, 0) is 19.1 Å². The summed E-state index contributed by atoms with van der Waals surface area (Å²) in [7, 11) is 0. The minimum Gasteiger partial charge on any atom is -0.469 e. The maximum Gasteiger partial charge on any atom is 0.255 e. The van der Waals surface area contributed by atoms with E-state index in [1.54, 1.807) is 31.2 Å². The van der Waals surface area contributed by atoms with Crippen molar-refractivity contribution in [1.82, 2.24) is 10.2 Å². The highest BCUT2D eigenvalue weighted by atomic mass is 19.1. The first-order valence-electron chi connectivity index (χ1n) is 7.47. The van der Waals surface area contributed by atoms with Crippen molar-refractivity contribution in [3.05, 3.63) is 72.0 Å². The molecule has 1 aromatic heterocycles. The molecule has 2 rings (SSSR count). The minimum absolute atomic E-state index is 0.109. The summed E-state index contributed by atoms with van der Waals surface area (Å²) in [5, 5.41) is 2.55. The molecule has 0 atom stereocenters. The van der Waals surface area contributed by atoms with E-state index >= 15 is 0 Å². The van der Waals surface area contributed by atoms with Crippen LogP contribution < -0.4 is 5.32 Å². The van der Waals surface area contributed by atoms with Crippen molar-refractivity contribution in [2.24, 2.45) is 0 Å². The third-order valence-electron chi connectivity index (χ3n) is 3.52. The average molecular weight is 330 g/mol. The summed E-state index contributed by atoms with van der Waals surface area (Å²) in [5.41, 5.74) is 0.789. The van der Waals surface area contributed by atoms with E-state index in [0.717, 1.165) is 0 Å². The molecule has 0 saturated heterocycles. The Kier molecular flexibility index (Phi) is 5.89. The Balaban J connectivity index is 1.99. The van der Waals surface area contributed by atoms with Crippen molar-refractivity contribution in [3.8, 4) is 0 Å². The van der Waals surface area contributed by atoms with E-state index in [4.69, 9.17) is 4.42 Å². The third kappa shape index (κ3) is 4.32. The van der Waals surface area contributed by atoms with Gasteiger partial charge in [-0.1, -0.05) is 24.3 Å². The fraction of sp³-hybridized carbons (Fsp3) is 0.222. The van der Waals surface area contributed by atoms with Gasteiger partial charge in [-0.25, -0.2) is 4.39 Å². The topological polar surface area (TPSA) is 62.6 Å². The summed E-state index contributed by atoms with van der Waals surface area (Å²) in [6.45, 7) is 5.45. The molecule has 1 N–H and O–H groups in total. The van der Waals surface area contributed by atoms with Crippen LogP contribution in [0.1, 0.15) is 21.7 Å². The molecule has 1 heterocycles. The second kappa shape index (κ2) is 8.10. The van der Waals surface area contributed by atoms with E-state index in [1.807, 2.05) is 0 Å². The first kappa shape index (κ1) is 17.5. The highest BCUT2D eigenvalue weighted by Gasteiger charge is 2.17. The Morgan fingerprint density at radius 1 is 1.33 bits per heavy atom. The lowest BCUT2D eigenvalue weighted by Crippen LogP contribution is -2.40. The number of carbonyl (C=O) groups excluding carboxylic acids is 2. The first-order valence-corrected chi connectivity index (χ1v) is 7.47. The highest BCUT2D eigenvalue weighted by molar-refractivity contribution is 5.97. The Labute approximate surface area is 139 Å². The average Bonchev–Trinajstić information content (AvgIpc) is 3.00. The molecule has 0 fully saturated rings. The number of rotatable bonds is 7. The summed E-state index contributed by atoms with van der Waals surface area (Å²) in [5.74, 6) is -0.613. The normalized spacial score (nSPS) is 10.2. The standard InChI is InChI=1S/C18H19FN2O3/c1-3-9-21(12-14-6-4-5-7-16(14)19)17(22)11-20-18(23)15-8-10-24-13(15)2/h3-8,10H,1,9,11-12H2,2H3,(H,20,23). The number of furan rings is 1. The van der Waals surface area contributed by atoms with Gasteiger partial charge in [0.05, 0.1) is 18.4 Å². The number of halogens is 1. The molecule has 0 aliphatic heterocycles. The molecule has 6 heteroatoms. The molecule has 0 unspecified atom stereocenters. The number of nitrogens with one attached hydrogen (secondary N) is 1. The fourth-order valence-corrected chi connectivity index (χ4v) is 2.23.